The van der Waals surface area contributed by atoms with Crippen molar-refractivity contribution in [1.29, 1.82) is 0 Å². The van der Waals surface area contributed by atoms with Gasteiger partial charge in [-0.25, -0.2) is 0 Å². The molecule has 2 rings (SSSR count). The number of β-amino-alcohol motifs (C(OH)–C–C–N with tert-alkyl or cyclic N) is 1. The van der Waals surface area contributed by atoms with Crippen LogP contribution in [-0.4, -0.2) is 28.9 Å². The lowest BCUT2D eigenvalue weighted by molar-refractivity contribution is 0.136. The highest BCUT2D eigenvalue weighted by molar-refractivity contribution is 5.83. The first-order chi connectivity index (χ1) is 9.02. The molecule has 0 aliphatic rings. The summed E-state index contributed by atoms with van der Waals surface area (Å²) in [5, 5.41) is 24.8. The molecule has 0 amide bonds. The van der Waals surface area contributed by atoms with Gasteiger partial charge in [-0.1, -0.05) is 36.4 Å². The van der Waals surface area contributed by atoms with Gasteiger partial charge in [-0.2, -0.15) is 0 Å². The summed E-state index contributed by atoms with van der Waals surface area (Å²) in [6.45, 7) is 4.27. The molecule has 102 valence electrons. The minimum Gasteiger partial charge on any atom is -0.394 e. The average molecular weight is 259 g/mol. The van der Waals surface area contributed by atoms with E-state index >= 15 is 0 Å². The van der Waals surface area contributed by atoms with Crippen molar-refractivity contribution in [3.8, 4) is 0 Å². The van der Waals surface area contributed by atoms with Crippen molar-refractivity contribution in [2.75, 3.05) is 13.2 Å². The Morgan fingerprint density at radius 3 is 2.47 bits per heavy atom. The molecule has 19 heavy (non-hydrogen) atoms. The van der Waals surface area contributed by atoms with Gasteiger partial charge in [0, 0.05) is 12.1 Å². The fraction of sp³-hybridized carbons (Fsp3) is 0.375. The van der Waals surface area contributed by atoms with E-state index in [-0.39, 0.29) is 12.1 Å². The Labute approximate surface area is 113 Å². The van der Waals surface area contributed by atoms with E-state index in [1.165, 1.54) is 5.39 Å². The molecule has 0 unspecified atom stereocenters. The zero-order chi connectivity index (χ0) is 13.9. The second kappa shape index (κ2) is 5.70. The molecule has 3 heteroatoms. The number of benzene rings is 2. The lowest BCUT2D eigenvalue weighted by Crippen LogP contribution is -2.44. The monoisotopic (exact) mass is 259 g/mol. The number of nitrogens with one attached hydrogen (secondary N) is 1. The van der Waals surface area contributed by atoms with Gasteiger partial charge in [-0.05, 0) is 36.2 Å². The molecule has 0 spiro atoms. The Morgan fingerprint density at radius 2 is 1.79 bits per heavy atom. The van der Waals surface area contributed by atoms with E-state index < -0.39 is 6.10 Å². The van der Waals surface area contributed by atoms with Crippen LogP contribution >= 0.6 is 0 Å². The molecule has 0 aliphatic heterocycles. The molecule has 0 aliphatic carbocycles. The Morgan fingerprint density at radius 1 is 1.11 bits per heavy atom. The minimum absolute atomic E-state index is 0.0391. The summed E-state index contributed by atoms with van der Waals surface area (Å²) in [7, 11) is 0. The summed E-state index contributed by atoms with van der Waals surface area (Å²) in [5.41, 5.74) is 0.512. The first kappa shape index (κ1) is 14.0. The molecule has 0 saturated carbocycles. The Bertz CT molecular complexity index is 551. The van der Waals surface area contributed by atoms with Crippen LogP contribution in [0.2, 0.25) is 0 Å². The molecule has 0 fully saturated rings. The van der Waals surface area contributed by atoms with Crippen LogP contribution in [0.3, 0.4) is 0 Å². The quantitative estimate of drug-likeness (QED) is 0.772. The fourth-order valence-electron chi connectivity index (χ4n) is 1.96. The van der Waals surface area contributed by atoms with Crippen LogP contribution < -0.4 is 5.32 Å². The molecule has 0 saturated heterocycles. The maximum Gasteiger partial charge on any atom is 0.0914 e. The number of hydrogen-bond acceptors (Lipinski definition) is 3. The first-order valence-electron chi connectivity index (χ1n) is 6.54. The van der Waals surface area contributed by atoms with Gasteiger partial charge in [-0.15, -0.1) is 0 Å². The van der Waals surface area contributed by atoms with Gasteiger partial charge in [0.1, 0.15) is 0 Å². The molecule has 0 bridgehead atoms. The number of rotatable bonds is 5. The van der Waals surface area contributed by atoms with E-state index in [1.807, 2.05) is 50.2 Å². The van der Waals surface area contributed by atoms with Crippen LogP contribution in [0, 0.1) is 0 Å². The van der Waals surface area contributed by atoms with Crippen LogP contribution in [0.1, 0.15) is 25.5 Å². The van der Waals surface area contributed by atoms with Gasteiger partial charge in [0.2, 0.25) is 0 Å². The second-order valence-electron chi connectivity index (χ2n) is 5.55. The zero-order valence-electron chi connectivity index (χ0n) is 11.4. The second-order valence-corrected chi connectivity index (χ2v) is 5.55. The number of hydrogen-bond donors (Lipinski definition) is 3. The summed E-state index contributed by atoms with van der Waals surface area (Å²) < 4.78 is 0. The van der Waals surface area contributed by atoms with Crippen LogP contribution in [0.15, 0.2) is 42.5 Å². The third kappa shape index (κ3) is 3.53. The highest BCUT2D eigenvalue weighted by atomic mass is 16.3. The maximum atomic E-state index is 10.2. The molecule has 0 radical (unpaired) electrons. The Hall–Kier alpha value is -1.42. The minimum atomic E-state index is -0.574. The van der Waals surface area contributed by atoms with Gasteiger partial charge in [-0.3, -0.25) is 0 Å². The van der Waals surface area contributed by atoms with E-state index in [4.69, 9.17) is 0 Å². The summed E-state index contributed by atoms with van der Waals surface area (Å²) in [6, 6.07) is 14.1. The highest BCUT2D eigenvalue weighted by Crippen LogP contribution is 2.20. The molecular weight excluding hydrogens is 238 g/mol. The van der Waals surface area contributed by atoms with E-state index in [2.05, 4.69) is 11.4 Å². The summed E-state index contributed by atoms with van der Waals surface area (Å²) in [6.07, 6.45) is -0.574. The predicted octanol–water partition coefficient (Wildman–Crippen LogP) is 2.23. The molecule has 0 heterocycles. The zero-order valence-corrected chi connectivity index (χ0v) is 11.4. The Kier molecular flexibility index (Phi) is 4.20. The van der Waals surface area contributed by atoms with Gasteiger partial charge in [0.15, 0.2) is 0 Å². The van der Waals surface area contributed by atoms with Gasteiger partial charge in [0.25, 0.3) is 0 Å². The largest absolute Gasteiger partial charge is 0.394 e. The van der Waals surface area contributed by atoms with Crippen LogP contribution in [0.5, 0.6) is 0 Å². The van der Waals surface area contributed by atoms with Gasteiger partial charge >= 0.3 is 0 Å². The van der Waals surface area contributed by atoms with Crippen molar-refractivity contribution in [3.63, 3.8) is 0 Å². The molecule has 3 nitrogen and oxygen atoms in total. The fourth-order valence-corrected chi connectivity index (χ4v) is 1.96. The topological polar surface area (TPSA) is 52.5 Å². The summed E-state index contributed by atoms with van der Waals surface area (Å²) in [5.74, 6) is 0. The molecule has 3 N–H and O–H groups in total. The molecule has 2 aromatic carbocycles. The maximum absolute atomic E-state index is 10.2. The average Bonchev–Trinajstić information content (AvgIpc) is 2.44. The highest BCUT2D eigenvalue weighted by Gasteiger charge is 2.17. The molecule has 2 aromatic rings. The van der Waals surface area contributed by atoms with Crippen molar-refractivity contribution < 1.29 is 10.2 Å². The van der Waals surface area contributed by atoms with Crippen molar-refractivity contribution in [1.82, 2.24) is 5.32 Å². The van der Waals surface area contributed by atoms with Crippen LogP contribution in [-0.2, 0) is 0 Å². The number of aliphatic hydroxyl groups is 2. The number of fused-ring (bicyclic) bond motifs is 1. The third-order valence-electron chi connectivity index (χ3n) is 3.33. The van der Waals surface area contributed by atoms with Gasteiger partial charge < -0.3 is 15.5 Å². The van der Waals surface area contributed by atoms with Crippen molar-refractivity contribution >= 4 is 10.8 Å². The van der Waals surface area contributed by atoms with Crippen LogP contribution in [0.4, 0.5) is 0 Å². The smallest absolute Gasteiger partial charge is 0.0914 e. The Balaban J connectivity index is 2.11. The van der Waals surface area contributed by atoms with E-state index in [0.29, 0.717) is 6.54 Å². The van der Waals surface area contributed by atoms with Crippen LogP contribution in [0.25, 0.3) is 10.8 Å². The van der Waals surface area contributed by atoms with Crippen molar-refractivity contribution in [3.05, 3.63) is 48.0 Å². The molecule has 1 atom stereocenters. The number of aliphatic hydroxyl groups excluding tert-OH is 2. The summed E-state index contributed by atoms with van der Waals surface area (Å²) >= 11 is 0. The standard InChI is InChI=1S/C16H21NO2/c1-16(2,11-18)17-10-15(19)14-8-7-12-5-3-4-6-13(12)9-14/h3-9,15,17-19H,10-11H2,1-2H3/t15-/m0/s1. The predicted molar refractivity (Wildman–Crippen MR) is 78.1 cm³/mol. The lowest BCUT2D eigenvalue weighted by Gasteiger charge is -2.25. The van der Waals surface area contributed by atoms with E-state index in [0.717, 1.165) is 10.9 Å². The van der Waals surface area contributed by atoms with E-state index in [9.17, 15) is 10.2 Å². The SMILES string of the molecule is CC(C)(CO)NC[C@H](O)c1ccc2ccccc2c1. The van der Waals surface area contributed by atoms with Crippen molar-refractivity contribution in [2.45, 2.75) is 25.5 Å². The third-order valence-corrected chi connectivity index (χ3v) is 3.33. The lowest BCUT2D eigenvalue weighted by atomic mass is 10.0. The summed E-state index contributed by atoms with van der Waals surface area (Å²) in [4.78, 5) is 0. The molecule has 0 aromatic heterocycles. The van der Waals surface area contributed by atoms with Gasteiger partial charge in [0.05, 0.1) is 12.7 Å². The first-order valence-corrected chi connectivity index (χ1v) is 6.54. The van der Waals surface area contributed by atoms with Crippen molar-refractivity contribution in [2.24, 2.45) is 0 Å². The normalized spacial score (nSPS) is 13.7. The molecular formula is C16H21NO2. The van der Waals surface area contributed by atoms with E-state index in [1.54, 1.807) is 0 Å².